The average Bonchev–Trinajstić information content (AvgIpc) is 2.80. The Labute approximate surface area is 118 Å². The van der Waals surface area contributed by atoms with Crippen molar-refractivity contribution in [2.24, 2.45) is 0 Å². The number of hydrogen-bond acceptors (Lipinski definition) is 1. The molecule has 20 heavy (non-hydrogen) atoms. The Bertz CT molecular complexity index is 826. The van der Waals surface area contributed by atoms with Crippen molar-refractivity contribution in [3.63, 3.8) is 0 Å². The van der Waals surface area contributed by atoms with Gasteiger partial charge in [0.2, 0.25) is 0 Å². The number of hydrogen-bond donors (Lipinski definition) is 1. The number of benzene rings is 2. The summed E-state index contributed by atoms with van der Waals surface area (Å²) >= 11 is 0. The van der Waals surface area contributed by atoms with Gasteiger partial charge in [-0.3, -0.25) is 0 Å². The number of aromatic nitrogens is 1. The third-order valence-corrected chi connectivity index (χ3v) is 4.55. The van der Waals surface area contributed by atoms with Gasteiger partial charge < -0.3 is 9.72 Å². The van der Waals surface area contributed by atoms with Gasteiger partial charge in [0, 0.05) is 16.3 Å². The van der Waals surface area contributed by atoms with Crippen molar-refractivity contribution in [2.45, 2.75) is 32.8 Å². The Kier molecular flexibility index (Phi) is 2.31. The fourth-order valence-corrected chi connectivity index (χ4v) is 3.57. The molecule has 0 amide bonds. The first-order valence-electron chi connectivity index (χ1n) is 7.25. The van der Waals surface area contributed by atoms with Crippen molar-refractivity contribution < 1.29 is 4.74 Å². The van der Waals surface area contributed by atoms with E-state index in [0.29, 0.717) is 0 Å². The molecule has 1 aromatic heterocycles. The first-order chi connectivity index (χ1) is 9.58. The second-order valence-electron chi connectivity index (χ2n) is 6.25. The van der Waals surface area contributed by atoms with Crippen molar-refractivity contribution in [3.05, 3.63) is 47.0 Å². The Hall–Kier alpha value is -1.80. The molecule has 0 saturated carbocycles. The van der Waals surface area contributed by atoms with Crippen LogP contribution in [-0.4, -0.2) is 11.6 Å². The highest BCUT2D eigenvalue weighted by molar-refractivity contribution is 6.10. The van der Waals surface area contributed by atoms with Gasteiger partial charge in [0.15, 0.2) is 0 Å². The number of nitrogens with one attached hydrogen (secondary N) is 1. The van der Waals surface area contributed by atoms with Crippen LogP contribution in [0.2, 0.25) is 0 Å². The first kappa shape index (κ1) is 12.0. The van der Waals surface area contributed by atoms with E-state index in [9.17, 15) is 0 Å². The van der Waals surface area contributed by atoms with Gasteiger partial charge in [-0.25, -0.2) is 0 Å². The van der Waals surface area contributed by atoms with Crippen LogP contribution >= 0.6 is 0 Å². The molecule has 0 radical (unpaired) electrons. The molecule has 1 aliphatic heterocycles. The molecule has 1 N–H and O–H groups in total. The van der Waals surface area contributed by atoms with Crippen LogP contribution < -0.4 is 0 Å². The van der Waals surface area contributed by atoms with Crippen LogP contribution in [-0.2, 0) is 16.8 Å². The second-order valence-corrected chi connectivity index (χ2v) is 6.25. The Morgan fingerprint density at radius 1 is 1.20 bits per heavy atom. The van der Waals surface area contributed by atoms with Crippen LogP contribution in [0, 0.1) is 6.92 Å². The summed E-state index contributed by atoms with van der Waals surface area (Å²) in [6.45, 7) is 7.33. The van der Waals surface area contributed by atoms with Gasteiger partial charge in [-0.15, -0.1) is 0 Å². The van der Waals surface area contributed by atoms with Crippen LogP contribution in [0.5, 0.6) is 0 Å². The topological polar surface area (TPSA) is 25.0 Å². The molecule has 102 valence electrons. The summed E-state index contributed by atoms with van der Waals surface area (Å²) < 4.78 is 5.96. The summed E-state index contributed by atoms with van der Waals surface area (Å²) in [5.74, 6) is 0. The summed E-state index contributed by atoms with van der Waals surface area (Å²) in [6.07, 6.45) is 0.988. The molecular weight excluding hydrogens is 246 g/mol. The molecule has 4 rings (SSSR count). The maximum absolute atomic E-state index is 5.96. The van der Waals surface area contributed by atoms with Crippen LogP contribution in [0.3, 0.4) is 0 Å². The molecule has 0 saturated heterocycles. The van der Waals surface area contributed by atoms with E-state index in [-0.39, 0.29) is 5.60 Å². The highest BCUT2D eigenvalue weighted by Crippen LogP contribution is 2.40. The van der Waals surface area contributed by atoms with Crippen LogP contribution in [0.15, 0.2) is 30.3 Å². The van der Waals surface area contributed by atoms with Gasteiger partial charge in [-0.2, -0.15) is 0 Å². The zero-order valence-electron chi connectivity index (χ0n) is 12.2. The van der Waals surface area contributed by atoms with Crippen molar-refractivity contribution in [1.82, 2.24) is 4.98 Å². The van der Waals surface area contributed by atoms with Crippen LogP contribution in [0.1, 0.15) is 30.5 Å². The quantitative estimate of drug-likeness (QED) is 0.638. The lowest BCUT2D eigenvalue weighted by Gasteiger charge is -2.33. The molecule has 1 aliphatic rings. The highest BCUT2D eigenvalue weighted by atomic mass is 16.5. The molecule has 0 bridgehead atoms. The van der Waals surface area contributed by atoms with E-state index >= 15 is 0 Å². The minimum atomic E-state index is -0.191. The van der Waals surface area contributed by atoms with E-state index < -0.39 is 0 Å². The van der Waals surface area contributed by atoms with Gasteiger partial charge in [0.05, 0.1) is 17.7 Å². The van der Waals surface area contributed by atoms with E-state index in [0.717, 1.165) is 13.0 Å². The number of aromatic amines is 1. The predicted octanol–water partition coefficient (Wildman–Crippen LogP) is 4.44. The molecule has 0 spiro atoms. The number of rotatable bonds is 0. The maximum Gasteiger partial charge on any atom is 0.0878 e. The molecule has 0 aliphatic carbocycles. The monoisotopic (exact) mass is 265 g/mol. The van der Waals surface area contributed by atoms with E-state index in [4.69, 9.17) is 4.74 Å². The molecule has 0 unspecified atom stereocenters. The predicted molar refractivity (Wildman–Crippen MR) is 83.2 cm³/mol. The largest absolute Gasteiger partial charge is 0.371 e. The lowest BCUT2D eigenvalue weighted by Crippen LogP contribution is -2.29. The summed E-state index contributed by atoms with van der Waals surface area (Å²) in [7, 11) is 0. The average molecular weight is 265 g/mol. The minimum Gasteiger partial charge on any atom is -0.371 e. The lowest BCUT2D eigenvalue weighted by atomic mass is 9.86. The van der Waals surface area contributed by atoms with Gasteiger partial charge in [-0.1, -0.05) is 24.3 Å². The zero-order chi connectivity index (χ0) is 13.9. The van der Waals surface area contributed by atoms with Crippen molar-refractivity contribution >= 4 is 21.8 Å². The Morgan fingerprint density at radius 3 is 2.85 bits per heavy atom. The summed E-state index contributed by atoms with van der Waals surface area (Å²) in [6, 6.07) is 10.9. The third kappa shape index (κ3) is 1.49. The zero-order valence-corrected chi connectivity index (χ0v) is 12.2. The number of H-pyrrole nitrogens is 1. The van der Waals surface area contributed by atoms with E-state index in [1.54, 1.807) is 0 Å². The van der Waals surface area contributed by atoms with E-state index in [1.807, 2.05) is 0 Å². The molecule has 2 heterocycles. The van der Waals surface area contributed by atoms with Crippen molar-refractivity contribution in [1.29, 1.82) is 0 Å². The summed E-state index contributed by atoms with van der Waals surface area (Å²) in [4.78, 5) is 3.63. The molecule has 3 aromatic rings. The molecule has 2 heteroatoms. The van der Waals surface area contributed by atoms with E-state index in [2.05, 4.69) is 56.1 Å². The van der Waals surface area contributed by atoms with Crippen molar-refractivity contribution in [2.75, 3.05) is 6.61 Å². The van der Waals surface area contributed by atoms with Gasteiger partial charge >= 0.3 is 0 Å². The Morgan fingerprint density at radius 2 is 2.00 bits per heavy atom. The summed E-state index contributed by atoms with van der Waals surface area (Å²) in [5, 5.41) is 2.70. The first-order valence-corrected chi connectivity index (χ1v) is 7.25. The van der Waals surface area contributed by atoms with Crippen LogP contribution in [0.4, 0.5) is 0 Å². The molecule has 0 fully saturated rings. The standard InChI is InChI=1S/C18H19NO/c1-11-10-14-12(8-9-20-18(14,2)3)17-16(11)13-6-4-5-7-15(13)19-17/h4-7,10,19H,8-9H2,1-3H3. The molecule has 0 atom stereocenters. The normalized spacial score (nSPS) is 17.6. The highest BCUT2D eigenvalue weighted by Gasteiger charge is 2.30. The SMILES string of the molecule is Cc1cc2c(c3[nH]c4ccccc4c13)CCOC2(C)C. The Balaban J connectivity index is 2.19. The number of fused-ring (bicyclic) bond motifs is 5. The second kappa shape index (κ2) is 3.86. The lowest BCUT2D eigenvalue weighted by molar-refractivity contribution is -0.0311. The molecule has 2 nitrogen and oxygen atoms in total. The maximum atomic E-state index is 5.96. The van der Waals surface area contributed by atoms with E-state index in [1.165, 1.54) is 38.5 Å². The number of aryl methyl sites for hydroxylation is 1. The minimum absolute atomic E-state index is 0.191. The molecular formula is C18H19NO. The summed E-state index contributed by atoms with van der Waals surface area (Å²) in [5.41, 5.74) is 6.43. The van der Waals surface area contributed by atoms with Gasteiger partial charge in [0.25, 0.3) is 0 Å². The molecule has 2 aromatic carbocycles. The smallest absolute Gasteiger partial charge is 0.0878 e. The van der Waals surface area contributed by atoms with Crippen molar-refractivity contribution in [3.8, 4) is 0 Å². The van der Waals surface area contributed by atoms with Gasteiger partial charge in [-0.05, 0) is 49.9 Å². The fourth-order valence-electron chi connectivity index (χ4n) is 3.57. The number of para-hydroxylation sites is 1. The number of ether oxygens (including phenoxy) is 1. The third-order valence-electron chi connectivity index (χ3n) is 4.55. The fraction of sp³-hybridized carbons (Fsp3) is 0.333. The van der Waals surface area contributed by atoms with Gasteiger partial charge in [0.1, 0.15) is 0 Å². The van der Waals surface area contributed by atoms with Crippen LogP contribution in [0.25, 0.3) is 21.8 Å².